The molecule has 4 nitrogen and oxygen atoms in total. The lowest BCUT2D eigenvalue weighted by Crippen LogP contribution is -2.16. The molecule has 2 N–H and O–H groups in total. The van der Waals surface area contributed by atoms with Crippen LogP contribution in [0.5, 0.6) is 6.01 Å². The summed E-state index contributed by atoms with van der Waals surface area (Å²) in [4.78, 5) is 8.41. The number of ether oxygens (including phenoxy) is 1. The molecule has 0 radical (unpaired) electrons. The van der Waals surface area contributed by atoms with E-state index in [9.17, 15) is 0 Å². The topological polar surface area (TPSA) is 61.0 Å². The molecule has 0 fully saturated rings. The second-order valence-corrected chi connectivity index (χ2v) is 4.19. The number of hydrogen-bond acceptors (Lipinski definition) is 4. The number of rotatable bonds is 2. The molecule has 1 rings (SSSR count). The van der Waals surface area contributed by atoms with E-state index in [0.29, 0.717) is 12.6 Å². The Morgan fingerprint density at radius 3 is 2.43 bits per heavy atom. The molecule has 0 bridgehead atoms. The van der Waals surface area contributed by atoms with Crippen molar-refractivity contribution in [3.63, 3.8) is 0 Å². The number of nitrogens with zero attached hydrogens (tertiary/aromatic N) is 2. The van der Waals surface area contributed by atoms with E-state index in [1.165, 1.54) is 0 Å². The molecule has 78 valence electrons. The number of aromatic nitrogens is 2. The van der Waals surface area contributed by atoms with Crippen LogP contribution >= 0.6 is 0 Å². The van der Waals surface area contributed by atoms with Crippen LogP contribution in [0.2, 0.25) is 0 Å². The van der Waals surface area contributed by atoms with Crippen molar-refractivity contribution in [1.82, 2.24) is 9.97 Å². The van der Waals surface area contributed by atoms with Crippen molar-refractivity contribution < 1.29 is 4.74 Å². The van der Waals surface area contributed by atoms with E-state index in [1.54, 1.807) is 7.11 Å². The van der Waals surface area contributed by atoms with Crippen LogP contribution in [0.3, 0.4) is 0 Å². The van der Waals surface area contributed by atoms with Gasteiger partial charge < -0.3 is 10.5 Å². The maximum atomic E-state index is 5.54. The normalized spacial score (nSPS) is 11.5. The maximum absolute atomic E-state index is 5.54. The molecule has 1 aromatic rings. The molecule has 4 heteroatoms. The van der Waals surface area contributed by atoms with Gasteiger partial charge in [0.2, 0.25) is 0 Å². The van der Waals surface area contributed by atoms with E-state index in [1.807, 2.05) is 6.07 Å². The van der Waals surface area contributed by atoms with Gasteiger partial charge in [-0.1, -0.05) is 20.8 Å². The third kappa shape index (κ3) is 2.42. The average molecular weight is 195 g/mol. The van der Waals surface area contributed by atoms with Crippen molar-refractivity contribution in [3.05, 3.63) is 17.5 Å². The van der Waals surface area contributed by atoms with Gasteiger partial charge in [-0.3, -0.25) is 0 Å². The molecule has 0 saturated heterocycles. The summed E-state index contributed by atoms with van der Waals surface area (Å²) in [5, 5.41) is 0. The second kappa shape index (κ2) is 3.92. The summed E-state index contributed by atoms with van der Waals surface area (Å²) in [7, 11) is 1.56. The smallest absolute Gasteiger partial charge is 0.316 e. The number of nitrogens with two attached hydrogens (primary N) is 1. The van der Waals surface area contributed by atoms with Gasteiger partial charge in [-0.25, -0.2) is 0 Å². The van der Waals surface area contributed by atoms with Gasteiger partial charge in [-0.15, -0.1) is 0 Å². The molecular formula is C10H17N3O. The SMILES string of the molecule is COc1nc(CN)cc(C(C)(C)C)n1. The zero-order valence-corrected chi connectivity index (χ0v) is 9.16. The summed E-state index contributed by atoms with van der Waals surface area (Å²) < 4.78 is 5.01. The molecule has 0 atom stereocenters. The van der Waals surface area contributed by atoms with Crippen LogP contribution < -0.4 is 10.5 Å². The van der Waals surface area contributed by atoms with Gasteiger partial charge in [-0.05, 0) is 6.07 Å². The molecular weight excluding hydrogens is 178 g/mol. The minimum absolute atomic E-state index is 0.0137. The van der Waals surface area contributed by atoms with Gasteiger partial charge in [0.1, 0.15) is 0 Å². The van der Waals surface area contributed by atoms with Crippen LogP contribution in [0.15, 0.2) is 6.07 Å². The summed E-state index contributed by atoms with van der Waals surface area (Å²) in [6, 6.07) is 2.31. The first-order valence-corrected chi connectivity index (χ1v) is 4.60. The van der Waals surface area contributed by atoms with Crippen molar-refractivity contribution in [2.75, 3.05) is 7.11 Å². The van der Waals surface area contributed by atoms with Gasteiger partial charge >= 0.3 is 6.01 Å². The Kier molecular flexibility index (Phi) is 3.06. The van der Waals surface area contributed by atoms with Gasteiger partial charge in [0.15, 0.2) is 0 Å². The van der Waals surface area contributed by atoms with Crippen LogP contribution in [0.1, 0.15) is 32.2 Å². The highest BCUT2D eigenvalue weighted by atomic mass is 16.5. The fraction of sp³-hybridized carbons (Fsp3) is 0.600. The Morgan fingerprint density at radius 2 is 2.00 bits per heavy atom. The minimum atomic E-state index is -0.0137. The zero-order chi connectivity index (χ0) is 10.8. The molecule has 0 spiro atoms. The van der Waals surface area contributed by atoms with Crippen molar-refractivity contribution >= 4 is 0 Å². The lowest BCUT2D eigenvalue weighted by atomic mass is 9.91. The van der Waals surface area contributed by atoms with E-state index < -0.39 is 0 Å². The van der Waals surface area contributed by atoms with Crippen molar-refractivity contribution in [3.8, 4) is 6.01 Å². The van der Waals surface area contributed by atoms with Crippen LogP contribution in [0, 0.1) is 0 Å². The largest absolute Gasteiger partial charge is 0.467 e. The zero-order valence-electron chi connectivity index (χ0n) is 9.16. The molecule has 0 saturated carbocycles. The van der Waals surface area contributed by atoms with Crippen LogP contribution in [0.25, 0.3) is 0 Å². The van der Waals surface area contributed by atoms with Crippen molar-refractivity contribution in [2.45, 2.75) is 32.7 Å². The van der Waals surface area contributed by atoms with Gasteiger partial charge in [0, 0.05) is 12.0 Å². The molecule has 0 amide bonds. The Bertz CT molecular complexity index is 295. The molecule has 1 aromatic heterocycles. The summed E-state index contributed by atoms with van der Waals surface area (Å²) >= 11 is 0. The third-order valence-electron chi connectivity index (χ3n) is 1.92. The summed E-state index contributed by atoms with van der Waals surface area (Å²) in [5.41, 5.74) is 7.28. The lowest BCUT2D eigenvalue weighted by molar-refractivity contribution is 0.371. The Labute approximate surface area is 84.5 Å². The van der Waals surface area contributed by atoms with Crippen LogP contribution in [-0.2, 0) is 12.0 Å². The molecule has 14 heavy (non-hydrogen) atoms. The number of hydrogen-bond donors (Lipinski definition) is 1. The Balaban J connectivity index is 3.17. The standard InChI is InChI=1S/C10H17N3O/c1-10(2,3)8-5-7(6-11)12-9(13-8)14-4/h5H,6,11H2,1-4H3. The molecule has 0 aromatic carbocycles. The van der Waals surface area contributed by atoms with Gasteiger partial charge in [-0.2, -0.15) is 9.97 Å². The molecule has 0 aliphatic carbocycles. The van der Waals surface area contributed by atoms with E-state index in [-0.39, 0.29) is 5.41 Å². The molecule has 0 unspecified atom stereocenters. The molecule has 0 aliphatic rings. The Morgan fingerprint density at radius 1 is 1.36 bits per heavy atom. The summed E-state index contributed by atoms with van der Waals surface area (Å²) in [6.45, 7) is 6.68. The first-order valence-electron chi connectivity index (χ1n) is 4.60. The third-order valence-corrected chi connectivity index (χ3v) is 1.92. The highest BCUT2D eigenvalue weighted by molar-refractivity contribution is 5.19. The Hall–Kier alpha value is -1.16. The second-order valence-electron chi connectivity index (χ2n) is 4.19. The van der Waals surface area contributed by atoms with Crippen molar-refractivity contribution in [2.24, 2.45) is 5.73 Å². The fourth-order valence-corrected chi connectivity index (χ4v) is 1.05. The highest BCUT2D eigenvalue weighted by Gasteiger charge is 2.17. The predicted molar refractivity (Wildman–Crippen MR) is 55.2 cm³/mol. The van der Waals surface area contributed by atoms with E-state index in [2.05, 4.69) is 30.7 Å². The fourth-order valence-electron chi connectivity index (χ4n) is 1.05. The van der Waals surface area contributed by atoms with Gasteiger partial charge in [0.25, 0.3) is 0 Å². The molecule has 0 aliphatic heterocycles. The van der Waals surface area contributed by atoms with Crippen LogP contribution in [-0.4, -0.2) is 17.1 Å². The van der Waals surface area contributed by atoms with E-state index in [4.69, 9.17) is 10.5 Å². The van der Waals surface area contributed by atoms with Crippen LogP contribution in [0.4, 0.5) is 0 Å². The van der Waals surface area contributed by atoms with Gasteiger partial charge in [0.05, 0.1) is 18.5 Å². The first kappa shape index (κ1) is 10.9. The predicted octanol–water partition coefficient (Wildman–Crippen LogP) is 1.24. The monoisotopic (exact) mass is 195 g/mol. The van der Waals surface area contributed by atoms with E-state index in [0.717, 1.165) is 11.4 Å². The minimum Gasteiger partial charge on any atom is -0.467 e. The average Bonchev–Trinajstić information content (AvgIpc) is 2.15. The molecule has 1 heterocycles. The first-order chi connectivity index (χ1) is 6.47. The lowest BCUT2D eigenvalue weighted by Gasteiger charge is -2.18. The highest BCUT2D eigenvalue weighted by Crippen LogP contribution is 2.22. The summed E-state index contributed by atoms with van der Waals surface area (Å²) in [6.07, 6.45) is 0. The maximum Gasteiger partial charge on any atom is 0.316 e. The quantitative estimate of drug-likeness (QED) is 0.771. The number of methoxy groups -OCH3 is 1. The van der Waals surface area contributed by atoms with E-state index >= 15 is 0 Å². The summed E-state index contributed by atoms with van der Waals surface area (Å²) in [5.74, 6) is 0. The van der Waals surface area contributed by atoms with Crippen molar-refractivity contribution in [1.29, 1.82) is 0 Å².